The average Bonchev–Trinajstić information content (AvgIpc) is 3.08. The summed E-state index contributed by atoms with van der Waals surface area (Å²) in [5.74, 6) is -0.281. The van der Waals surface area contributed by atoms with Crippen LogP contribution in [0.25, 0.3) is 11.5 Å². The van der Waals surface area contributed by atoms with E-state index in [0.717, 1.165) is 0 Å². The molecule has 1 aromatic heterocycles. The van der Waals surface area contributed by atoms with Crippen molar-refractivity contribution in [3.8, 4) is 11.5 Å². The summed E-state index contributed by atoms with van der Waals surface area (Å²) in [6.07, 6.45) is 1.25. The number of carbonyl (C=O) groups excluding carboxylic acids is 2. The Hall–Kier alpha value is -2.63. The zero-order chi connectivity index (χ0) is 18.0. The number of aromatic nitrogens is 1. The lowest BCUT2D eigenvalue weighted by Crippen LogP contribution is -2.12. The number of benzene rings is 2. The van der Waals surface area contributed by atoms with E-state index in [4.69, 9.17) is 27.6 Å². The molecule has 2 aromatic carbocycles. The number of hydrogen-bond donors (Lipinski definition) is 1. The van der Waals surface area contributed by atoms with Gasteiger partial charge in [0.25, 0.3) is 5.91 Å². The van der Waals surface area contributed by atoms with Gasteiger partial charge < -0.3 is 9.73 Å². The molecule has 0 aliphatic carbocycles. The quantitative estimate of drug-likeness (QED) is 0.644. The summed E-state index contributed by atoms with van der Waals surface area (Å²) < 4.78 is 5.34. The molecular weight excluding hydrogens is 363 g/mol. The number of halogens is 2. The van der Waals surface area contributed by atoms with E-state index in [2.05, 4.69) is 10.3 Å². The fourth-order valence-electron chi connectivity index (χ4n) is 2.15. The molecule has 0 fully saturated rings. The minimum absolute atomic E-state index is 0.0839. The van der Waals surface area contributed by atoms with Gasteiger partial charge >= 0.3 is 0 Å². The fraction of sp³-hybridized carbons (Fsp3) is 0.0556. The van der Waals surface area contributed by atoms with Gasteiger partial charge in [-0.25, -0.2) is 4.98 Å². The van der Waals surface area contributed by atoms with Crippen molar-refractivity contribution < 1.29 is 14.0 Å². The first-order valence-corrected chi connectivity index (χ1v) is 8.03. The van der Waals surface area contributed by atoms with Gasteiger partial charge in [-0.05, 0) is 37.3 Å². The number of Topliss-reactive ketones (excluding diaryl/α,β-unsaturated/α-hetero) is 1. The third-order valence-electron chi connectivity index (χ3n) is 3.43. The van der Waals surface area contributed by atoms with Crippen LogP contribution >= 0.6 is 23.2 Å². The second kappa shape index (κ2) is 7.09. The van der Waals surface area contributed by atoms with Crippen LogP contribution in [0, 0.1) is 0 Å². The van der Waals surface area contributed by atoms with Gasteiger partial charge in [0.15, 0.2) is 11.5 Å². The summed E-state index contributed by atoms with van der Waals surface area (Å²) in [7, 11) is 0. The van der Waals surface area contributed by atoms with Gasteiger partial charge in [-0.1, -0.05) is 35.3 Å². The Morgan fingerprint density at radius 2 is 1.88 bits per heavy atom. The molecule has 0 aliphatic rings. The Labute approximate surface area is 153 Å². The van der Waals surface area contributed by atoms with Gasteiger partial charge in [-0.3, -0.25) is 9.59 Å². The zero-order valence-electron chi connectivity index (χ0n) is 13.0. The highest BCUT2D eigenvalue weighted by Gasteiger charge is 2.15. The molecule has 1 amide bonds. The van der Waals surface area contributed by atoms with Crippen molar-refractivity contribution in [2.45, 2.75) is 6.92 Å². The number of carbonyl (C=O) groups is 2. The highest BCUT2D eigenvalue weighted by molar-refractivity contribution is 6.42. The van der Waals surface area contributed by atoms with Gasteiger partial charge in [0.05, 0.1) is 10.0 Å². The van der Waals surface area contributed by atoms with E-state index in [-0.39, 0.29) is 17.4 Å². The third-order valence-corrected chi connectivity index (χ3v) is 4.17. The third kappa shape index (κ3) is 3.90. The first kappa shape index (κ1) is 17.2. The van der Waals surface area contributed by atoms with Crippen molar-refractivity contribution in [3.63, 3.8) is 0 Å². The number of rotatable bonds is 4. The van der Waals surface area contributed by atoms with Crippen LogP contribution < -0.4 is 5.32 Å². The molecule has 5 nitrogen and oxygen atoms in total. The Kier molecular flexibility index (Phi) is 4.88. The minimum atomic E-state index is -0.448. The SMILES string of the molecule is CC(=O)c1cccc(NC(=O)c2coc(-c3ccc(Cl)c(Cl)c3)n2)c1. The number of nitrogens with zero attached hydrogens (tertiary/aromatic N) is 1. The molecule has 1 N–H and O–H groups in total. The lowest BCUT2D eigenvalue weighted by molar-refractivity contribution is 0.100. The second-order valence-electron chi connectivity index (χ2n) is 5.26. The van der Waals surface area contributed by atoms with Crippen molar-refractivity contribution in [1.29, 1.82) is 0 Å². The molecule has 7 heteroatoms. The van der Waals surface area contributed by atoms with Crippen molar-refractivity contribution in [1.82, 2.24) is 4.98 Å². The Morgan fingerprint density at radius 1 is 1.08 bits per heavy atom. The molecule has 0 atom stereocenters. The van der Waals surface area contributed by atoms with E-state index < -0.39 is 5.91 Å². The van der Waals surface area contributed by atoms with Gasteiger partial charge in [-0.2, -0.15) is 0 Å². The van der Waals surface area contributed by atoms with Crippen LogP contribution in [0.2, 0.25) is 10.0 Å². The van der Waals surface area contributed by atoms with E-state index in [1.807, 2.05) is 0 Å². The molecule has 25 heavy (non-hydrogen) atoms. The molecule has 0 saturated carbocycles. The molecule has 0 radical (unpaired) electrons. The second-order valence-corrected chi connectivity index (χ2v) is 6.07. The Morgan fingerprint density at radius 3 is 2.60 bits per heavy atom. The lowest BCUT2D eigenvalue weighted by Gasteiger charge is -2.04. The topological polar surface area (TPSA) is 72.2 Å². The first-order valence-electron chi connectivity index (χ1n) is 7.27. The maximum Gasteiger partial charge on any atom is 0.277 e. The van der Waals surface area contributed by atoms with Crippen LogP contribution in [0.15, 0.2) is 53.1 Å². The molecule has 0 aliphatic heterocycles. The molecular formula is C18H12Cl2N2O3. The van der Waals surface area contributed by atoms with Gasteiger partial charge in [0.1, 0.15) is 6.26 Å². The van der Waals surface area contributed by atoms with Crippen LogP contribution in [0.1, 0.15) is 27.8 Å². The van der Waals surface area contributed by atoms with E-state index in [1.165, 1.54) is 13.2 Å². The Bertz CT molecular complexity index is 966. The predicted molar refractivity (Wildman–Crippen MR) is 96.4 cm³/mol. The number of ketones is 1. The molecule has 1 heterocycles. The molecule has 3 rings (SSSR count). The van der Waals surface area contributed by atoms with Gasteiger partial charge in [0.2, 0.25) is 5.89 Å². The van der Waals surface area contributed by atoms with Crippen LogP contribution in [0.5, 0.6) is 0 Å². The molecule has 0 spiro atoms. The van der Waals surface area contributed by atoms with Crippen molar-refractivity contribution >= 4 is 40.6 Å². The normalized spacial score (nSPS) is 10.5. The number of nitrogens with one attached hydrogen (secondary N) is 1. The van der Waals surface area contributed by atoms with Crippen LogP contribution in [0.3, 0.4) is 0 Å². The molecule has 0 bridgehead atoms. The standard InChI is InChI=1S/C18H12Cl2N2O3/c1-10(23)11-3-2-4-13(7-11)21-17(24)16-9-25-18(22-16)12-5-6-14(19)15(20)8-12/h2-9H,1H3,(H,21,24). The van der Waals surface area contributed by atoms with E-state index in [1.54, 1.807) is 42.5 Å². The maximum atomic E-state index is 12.3. The van der Waals surface area contributed by atoms with E-state index in [9.17, 15) is 9.59 Å². The molecule has 126 valence electrons. The lowest BCUT2D eigenvalue weighted by atomic mass is 10.1. The molecule has 0 saturated heterocycles. The highest BCUT2D eigenvalue weighted by atomic mass is 35.5. The average molecular weight is 375 g/mol. The summed E-state index contributed by atoms with van der Waals surface area (Å²) >= 11 is 11.9. The molecule has 3 aromatic rings. The summed E-state index contributed by atoms with van der Waals surface area (Å²) in [4.78, 5) is 27.9. The van der Waals surface area contributed by atoms with Gasteiger partial charge in [-0.15, -0.1) is 0 Å². The summed E-state index contributed by atoms with van der Waals surface area (Å²) in [5.41, 5.74) is 1.72. The van der Waals surface area contributed by atoms with Gasteiger partial charge in [0, 0.05) is 16.8 Å². The summed E-state index contributed by atoms with van der Waals surface area (Å²) in [5, 5.41) is 3.46. The number of amides is 1. The van der Waals surface area contributed by atoms with Crippen molar-refractivity contribution in [2.75, 3.05) is 5.32 Å². The first-order chi connectivity index (χ1) is 11.9. The number of hydrogen-bond acceptors (Lipinski definition) is 4. The predicted octanol–water partition coefficient (Wildman–Crippen LogP) is 5.10. The van der Waals surface area contributed by atoms with Crippen LogP contribution in [-0.4, -0.2) is 16.7 Å². The van der Waals surface area contributed by atoms with Crippen LogP contribution in [0.4, 0.5) is 5.69 Å². The largest absolute Gasteiger partial charge is 0.444 e. The zero-order valence-corrected chi connectivity index (χ0v) is 14.6. The fourth-order valence-corrected chi connectivity index (χ4v) is 2.45. The summed E-state index contributed by atoms with van der Waals surface area (Å²) in [6.45, 7) is 1.46. The monoisotopic (exact) mass is 374 g/mol. The van der Waals surface area contributed by atoms with Crippen molar-refractivity contribution in [2.24, 2.45) is 0 Å². The maximum absolute atomic E-state index is 12.3. The molecule has 0 unspecified atom stereocenters. The summed E-state index contributed by atoms with van der Waals surface area (Å²) in [6, 6.07) is 11.6. The van der Waals surface area contributed by atoms with Crippen molar-refractivity contribution in [3.05, 3.63) is 70.0 Å². The Balaban J connectivity index is 1.80. The smallest absolute Gasteiger partial charge is 0.277 e. The van der Waals surface area contributed by atoms with E-state index in [0.29, 0.717) is 26.9 Å². The van der Waals surface area contributed by atoms with E-state index >= 15 is 0 Å². The number of oxazole rings is 1. The van der Waals surface area contributed by atoms with Crippen LogP contribution in [-0.2, 0) is 0 Å². The minimum Gasteiger partial charge on any atom is -0.444 e. The highest BCUT2D eigenvalue weighted by Crippen LogP contribution is 2.28. The number of anilines is 1.